The van der Waals surface area contributed by atoms with Crippen LogP contribution in [0.1, 0.15) is 0 Å². The molecule has 0 aliphatic heterocycles. The number of aromatic nitrogens is 1. The van der Waals surface area contributed by atoms with E-state index in [1.54, 1.807) is 18.2 Å². The van der Waals surface area contributed by atoms with Gasteiger partial charge in [0, 0.05) is 11.6 Å². The minimum Gasteiger partial charge on any atom is -0.497 e. The summed E-state index contributed by atoms with van der Waals surface area (Å²) in [5, 5.41) is 10.9. The normalized spacial score (nSPS) is 10.2. The Labute approximate surface area is 120 Å². The number of hydrogen-bond acceptors (Lipinski definition) is 5. The molecule has 0 saturated heterocycles. The Hall–Kier alpha value is -2.34. The molecule has 20 heavy (non-hydrogen) atoms. The fraction of sp³-hybridized carbons (Fsp3) is 0.154. The van der Waals surface area contributed by atoms with E-state index in [1.807, 2.05) is 0 Å². The molecule has 2 rings (SSSR count). The van der Waals surface area contributed by atoms with Crippen LogP contribution in [0, 0.1) is 10.1 Å². The number of methoxy groups -OCH3 is 2. The van der Waals surface area contributed by atoms with Gasteiger partial charge in [-0.25, -0.2) is 4.98 Å². The first-order valence-electron chi connectivity index (χ1n) is 5.59. The van der Waals surface area contributed by atoms with E-state index in [9.17, 15) is 10.1 Å². The van der Waals surface area contributed by atoms with Crippen LogP contribution >= 0.6 is 11.6 Å². The van der Waals surface area contributed by atoms with E-state index >= 15 is 0 Å². The molecule has 0 radical (unpaired) electrons. The van der Waals surface area contributed by atoms with Gasteiger partial charge in [0.1, 0.15) is 16.7 Å². The molecule has 0 aliphatic carbocycles. The Bertz CT molecular complexity index is 661. The van der Waals surface area contributed by atoms with Crippen LogP contribution in [0.25, 0.3) is 11.3 Å². The molecule has 104 valence electrons. The van der Waals surface area contributed by atoms with Gasteiger partial charge in [0.25, 0.3) is 5.69 Å². The summed E-state index contributed by atoms with van der Waals surface area (Å²) < 4.78 is 10.4. The summed E-state index contributed by atoms with van der Waals surface area (Å²) in [6, 6.07) is 7.63. The molecular weight excluding hydrogens is 284 g/mol. The molecule has 0 atom stereocenters. The number of ether oxygens (including phenoxy) is 2. The Morgan fingerprint density at radius 2 is 1.95 bits per heavy atom. The smallest absolute Gasteiger partial charge is 0.274 e. The van der Waals surface area contributed by atoms with Crippen LogP contribution in [0.4, 0.5) is 5.69 Å². The zero-order valence-corrected chi connectivity index (χ0v) is 11.5. The summed E-state index contributed by atoms with van der Waals surface area (Å²) in [6.45, 7) is 0. The maximum atomic E-state index is 10.9. The van der Waals surface area contributed by atoms with E-state index in [2.05, 4.69) is 4.98 Å². The van der Waals surface area contributed by atoms with E-state index in [1.165, 1.54) is 26.4 Å². The standard InChI is InChI=1S/C13H11ClN2O4/c1-19-9-3-4-12(20-2)10(7-9)11-5-8(16(17)18)6-13(14)15-11/h3-7H,1-2H3. The van der Waals surface area contributed by atoms with Gasteiger partial charge < -0.3 is 9.47 Å². The van der Waals surface area contributed by atoms with E-state index in [-0.39, 0.29) is 10.8 Å². The third kappa shape index (κ3) is 2.80. The van der Waals surface area contributed by atoms with Crippen molar-refractivity contribution >= 4 is 17.3 Å². The molecule has 1 heterocycles. The summed E-state index contributed by atoms with van der Waals surface area (Å²) in [5.41, 5.74) is 0.780. The molecule has 0 bridgehead atoms. The lowest BCUT2D eigenvalue weighted by Gasteiger charge is -2.10. The third-order valence-electron chi connectivity index (χ3n) is 2.67. The topological polar surface area (TPSA) is 74.5 Å². The molecule has 6 nitrogen and oxygen atoms in total. The van der Waals surface area contributed by atoms with Gasteiger partial charge in [-0.1, -0.05) is 11.6 Å². The molecule has 0 saturated carbocycles. The number of pyridine rings is 1. The third-order valence-corrected chi connectivity index (χ3v) is 2.87. The van der Waals surface area contributed by atoms with Gasteiger partial charge in [0.2, 0.25) is 0 Å². The van der Waals surface area contributed by atoms with E-state index in [0.29, 0.717) is 22.8 Å². The summed E-state index contributed by atoms with van der Waals surface area (Å²) >= 11 is 5.83. The molecule has 0 unspecified atom stereocenters. The highest BCUT2D eigenvalue weighted by Gasteiger charge is 2.15. The fourth-order valence-electron chi connectivity index (χ4n) is 1.74. The van der Waals surface area contributed by atoms with Gasteiger partial charge in [-0.05, 0) is 18.2 Å². The van der Waals surface area contributed by atoms with Crippen molar-refractivity contribution in [3.8, 4) is 22.8 Å². The molecule has 1 aromatic heterocycles. The average Bonchev–Trinajstić information content (AvgIpc) is 2.45. The van der Waals surface area contributed by atoms with Gasteiger partial charge in [-0.15, -0.1) is 0 Å². The van der Waals surface area contributed by atoms with Crippen LogP contribution in [0.5, 0.6) is 11.5 Å². The van der Waals surface area contributed by atoms with Crippen molar-refractivity contribution in [2.45, 2.75) is 0 Å². The number of hydrogen-bond donors (Lipinski definition) is 0. The first kappa shape index (κ1) is 14.1. The molecule has 1 aromatic carbocycles. The highest BCUT2D eigenvalue weighted by molar-refractivity contribution is 6.29. The molecule has 2 aromatic rings. The van der Waals surface area contributed by atoms with Gasteiger partial charge in [-0.3, -0.25) is 10.1 Å². The highest BCUT2D eigenvalue weighted by Crippen LogP contribution is 2.34. The number of nitrogens with zero attached hydrogens (tertiary/aromatic N) is 2. The first-order chi connectivity index (χ1) is 9.55. The van der Waals surface area contributed by atoms with Crippen LogP contribution in [0.3, 0.4) is 0 Å². The van der Waals surface area contributed by atoms with Gasteiger partial charge in [0.05, 0.1) is 30.9 Å². The number of nitro groups is 1. The zero-order chi connectivity index (χ0) is 14.7. The molecular formula is C13H11ClN2O4. The predicted octanol–water partition coefficient (Wildman–Crippen LogP) is 3.33. The molecule has 0 fully saturated rings. The van der Waals surface area contributed by atoms with Crippen LogP contribution in [0.15, 0.2) is 30.3 Å². The second-order valence-electron chi connectivity index (χ2n) is 3.86. The van der Waals surface area contributed by atoms with E-state index in [4.69, 9.17) is 21.1 Å². The number of rotatable bonds is 4. The maximum absolute atomic E-state index is 10.9. The van der Waals surface area contributed by atoms with Crippen molar-refractivity contribution in [1.29, 1.82) is 0 Å². The lowest BCUT2D eigenvalue weighted by molar-refractivity contribution is -0.384. The predicted molar refractivity (Wildman–Crippen MR) is 74.4 cm³/mol. The van der Waals surface area contributed by atoms with Crippen molar-refractivity contribution in [2.24, 2.45) is 0 Å². The van der Waals surface area contributed by atoms with Crippen molar-refractivity contribution in [1.82, 2.24) is 4.98 Å². The van der Waals surface area contributed by atoms with Gasteiger partial charge >= 0.3 is 0 Å². The molecule has 0 N–H and O–H groups in total. The zero-order valence-electron chi connectivity index (χ0n) is 10.8. The average molecular weight is 295 g/mol. The maximum Gasteiger partial charge on any atom is 0.274 e. The van der Waals surface area contributed by atoms with E-state index in [0.717, 1.165) is 0 Å². The molecule has 0 spiro atoms. The van der Waals surface area contributed by atoms with Crippen molar-refractivity contribution < 1.29 is 14.4 Å². The first-order valence-corrected chi connectivity index (χ1v) is 5.97. The lowest BCUT2D eigenvalue weighted by atomic mass is 10.1. The quantitative estimate of drug-likeness (QED) is 0.491. The van der Waals surface area contributed by atoms with Crippen LogP contribution in [-0.4, -0.2) is 24.1 Å². The summed E-state index contributed by atoms with van der Waals surface area (Å²) in [4.78, 5) is 14.4. The second kappa shape index (κ2) is 5.75. The lowest BCUT2D eigenvalue weighted by Crippen LogP contribution is -1.95. The second-order valence-corrected chi connectivity index (χ2v) is 4.24. The van der Waals surface area contributed by atoms with Crippen LogP contribution < -0.4 is 9.47 Å². The van der Waals surface area contributed by atoms with E-state index < -0.39 is 4.92 Å². The summed E-state index contributed by atoms with van der Waals surface area (Å²) in [7, 11) is 3.03. The van der Waals surface area contributed by atoms with Gasteiger partial charge in [0.15, 0.2) is 0 Å². The number of benzene rings is 1. The summed E-state index contributed by atoms with van der Waals surface area (Å²) in [6.07, 6.45) is 0. The summed E-state index contributed by atoms with van der Waals surface area (Å²) in [5.74, 6) is 1.11. The highest BCUT2D eigenvalue weighted by atomic mass is 35.5. The fourth-order valence-corrected chi connectivity index (χ4v) is 1.94. The molecule has 7 heteroatoms. The van der Waals surface area contributed by atoms with Crippen molar-refractivity contribution in [3.63, 3.8) is 0 Å². The Morgan fingerprint density at radius 3 is 2.55 bits per heavy atom. The Morgan fingerprint density at radius 1 is 1.20 bits per heavy atom. The van der Waals surface area contributed by atoms with Gasteiger partial charge in [-0.2, -0.15) is 0 Å². The van der Waals surface area contributed by atoms with Crippen LogP contribution in [-0.2, 0) is 0 Å². The minimum atomic E-state index is -0.524. The minimum absolute atomic E-state index is 0.0408. The Kier molecular flexibility index (Phi) is 4.05. The monoisotopic (exact) mass is 294 g/mol. The molecule has 0 aliphatic rings. The van der Waals surface area contributed by atoms with Crippen molar-refractivity contribution in [3.05, 3.63) is 45.6 Å². The largest absolute Gasteiger partial charge is 0.497 e. The van der Waals surface area contributed by atoms with Crippen LogP contribution in [0.2, 0.25) is 5.15 Å². The SMILES string of the molecule is COc1ccc(OC)c(-c2cc([N+](=O)[O-])cc(Cl)n2)c1. The number of halogens is 1. The van der Waals surface area contributed by atoms with Crippen molar-refractivity contribution in [2.75, 3.05) is 14.2 Å². The molecule has 0 amide bonds. The Balaban J connectivity index is 2.63.